The first-order valence-electron chi connectivity index (χ1n) is 24.3. The summed E-state index contributed by atoms with van der Waals surface area (Å²) in [4.78, 5) is 131. The van der Waals surface area contributed by atoms with Gasteiger partial charge >= 0.3 is 59.7 Å². The van der Waals surface area contributed by atoms with Crippen LogP contribution in [0.5, 0.6) is 57.5 Å². The van der Waals surface area contributed by atoms with E-state index in [-0.39, 0.29) is 84.9 Å². The molecule has 0 amide bonds. The third-order valence-corrected chi connectivity index (χ3v) is 11.3. The van der Waals surface area contributed by atoms with Crippen LogP contribution in [0.4, 0.5) is 0 Å². The van der Waals surface area contributed by atoms with Crippen LogP contribution in [0, 0.1) is 0 Å². The highest BCUT2D eigenvalue weighted by atomic mass is 16.6. The summed E-state index contributed by atoms with van der Waals surface area (Å²) < 4.78 is 62.8. The number of ether oxygens (including phenoxy) is 11. The molecule has 410 valence electrons. The van der Waals surface area contributed by atoms with E-state index in [0.29, 0.717) is 0 Å². The van der Waals surface area contributed by atoms with Crippen LogP contribution < -0.4 is 47.4 Å². The molecule has 0 saturated heterocycles. The Kier molecular flexibility index (Phi) is 17.4. The number of esters is 10. The fourth-order valence-electron chi connectivity index (χ4n) is 8.05. The molecule has 7 aromatic carbocycles. The van der Waals surface area contributed by atoms with Crippen molar-refractivity contribution in [3.63, 3.8) is 0 Å². The first-order valence-corrected chi connectivity index (χ1v) is 24.3. The van der Waals surface area contributed by atoms with Gasteiger partial charge in [-0.2, -0.15) is 0 Å². The second-order valence-corrected chi connectivity index (χ2v) is 17.3. The fraction of sp³-hybridized carbons (Fsp3) is 0.133. The van der Waals surface area contributed by atoms with E-state index < -0.39 is 89.8 Å². The molecule has 0 aliphatic carbocycles. The van der Waals surface area contributed by atoms with Gasteiger partial charge in [0.2, 0.25) is 0 Å². The molecule has 81 heavy (non-hydrogen) atoms. The van der Waals surface area contributed by atoms with Gasteiger partial charge in [-0.1, -0.05) is 66.7 Å². The van der Waals surface area contributed by atoms with Gasteiger partial charge in [-0.3, -0.25) is 24.0 Å². The summed E-state index contributed by atoms with van der Waals surface area (Å²) in [6.07, 6.45) is -3.37. The maximum absolute atomic E-state index is 14.4. The van der Waals surface area contributed by atoms with Crippen LogP contribution in [0.25, 0.3) is 0 Å². The zero-order valence-electron chi connectivity index (χ0n) is 43.4. The molecule has 8 rings (SSSR count). The minimum Gasteiger partial charge on any atom is -0.481 e. The van der Waals surface area contributed by atoms with Gasteiger partial charge in [0.25, 0.3) is 0 Å². The lowest BCUT2D eigenvalue weighted by Gasteiger charge is -2.34. The molecule has 1 heterocycles. The highest BCUT2D eigenvalue weighted by Gasteiger charge is 2.39. The zero-order valence-corrected chi connectivity index (χ0v) is 43.4. The number of hydrogen-bond donors (Lipinski definition) is 0. The Morgan fingerprint density at radius 2 is 0.691 bits per heavy atom. The number of hydrogen-bond acceptors (Lipinski definition) is 21. The van der Waals surface area contributed by atoms with Crippen LogP contribution >= 0.6 is 0 Å². The van der Waals surface area contributed by atoms with Gasteiger partial charge < -0.3 is 52.1 Å². The molecule has 21 nitrogen and oxygen atoms in total. The molecule has 2 atom stereocenters. The Balaban J connectivity index is 1.28. The molecule has 0 N–H and O–H groups in total. The zero-order chi connectivity index (χ0) is 57.9. The van der Waals surface area contributed by atoms with Crippen molar-refractivity contribution in [3.05, 3.63) is 191 Å². The first kappa shape index (κ1) is 56.2. The predicted molar refractivity (Wildman–Crippen MR) is 278 cm³/mol. The molecule has 1 aliphatic heterocycles. The maximum Gasteiger partial charge on any atom is 0.347 e. The van der Waals surface area contributed by atoms with Crippen molar-refractivity contribution < 1.29 is 100 Å². The van der Waals surface area contributed by atoms with Crippen LogP contribution in [0.1, 0.15) is 104 Å². The molecule has 21 heteroatoms. The molecular weight excluding hydrogens is 1060 g/mol. The van der Waals surface area contributed by atoms with Crippen molar-refractivity contribution in [3.8, 4) is 57.5 Å². The number of benzene rings is 7. The van der Waals surface area contributed by atoms with Crippen molar-refractivity contribution in [1.29, 1.82) is 0 Å². The summed E-state index contributed by atoms with van der Waals surface area (Å²) in [6.45, 7) is 5.63. The number of rotatable bonds is 16. The molecule has 7 aromatic rings. The molecule has 0 radical (unpaired) electrons. The topological polar surface area (TPSA) is 272 Å². The Bertz CT molecular complexity index is 3690. The summed E-state index contributed by atoms with van der Waals surface area (Å²) in [5, 5.41) is 0. The van der Waals surface area contributed by atoms with Crippen LogP contribution in [0.15, 0.2) is 152 Å². The summed E-state index contributed by atoms with van der Waals surface area (Å²) in [5.41, 5.74) is -0.998. The third-order valence-electron chi connectivity index (χ3n) is 11.3. The Morgan fingerprint density at radius 1 is 0.346 bits per heavy atom. The van der Waals surface area contributed by atoms with E-state index >= 15 is 0 Å². The van der Waals surface area contributed by atoms with Gasteiger partial charge in [0.15, 0.2) is 17.6 Å². The summed E-state index contributed by atoms with van der Waals surface area (Å²) in [7, 11) is 0. The molecule has 1 aliphatic rings. The third kappa shape index (κ3) is 14.0. The van der Waals surface area contributed by atoms with E-state index in [1.54, 1.807) is 0 Å². The smallest absolute Gasteiger partial charge is 0.347 e. The molecule has 0 saturated carbocycles. The van der Waals surface area contributed by atoms with Crippen LogP contribution in [0.3, 0.4) is 0 Å². The first-order chi connectivity index (χ1) is 38.8. The summed E-state index contributed by atoms with van der Waals surface area (Å²) >= 11 is 0. The van der Waals surface area contributed by atoms with Crippen molar-refractivity contribution in [2.75, 3.05) is 0 Å². The highest BCUT2D eigenvalue weighted by molar-refractivity contribution is 5.98. The summed E-state index contributed by atoms with van der Waals surface area (Å²) in [5.74, 6) is -11.6. The quantitative estimate of drug-likeness (QED) is 0.0644. The minimum atomic E-state index is -1.49. The largest absolute Gasteiger partial charge is 0.481 e. The van der Waals surface area contributed by atoms with E-state index in [1.165, 1.54) is 146 Å². The highest BCUT2D eigenvalue weighted by Crippen LogP contribution is 2.46. The number of fused-ring (bicyclic) bond motifs is 1. The molecule has 0 aromatic heterocycles. The molecule has 0 fully saturated rings. The van der Waals surface area contributed by atoms with Crippen LogP contribution in [0.2, 0.25) is 0 Å². The average Bonchev–Trinajstić information content (AvgIpc) is 3.53. The standard InChI is InChI=1S/C60H44O21/c1-32(61)71-45-21-11-6-16-39(45)56(66)76-38-29-51-44(52(30-38)79-58(68)41-18-8-13-23-47(41)73-34(3)63)31-54(81-60(70)43-20-10-15-25-49(43)75-36(5)65)55(77-51)37-26-27-50(78-57(67)40-17-7-12-22-46(40)72-33(2)62)53(28-37)80-59(69)42-19-9-14-24-48(42)74-35(4)64/h6-30,54-55H,31H2,1-5H3. The minimum absolute atomic E-state index is 0.0291. The van der Waals surface area contributed by atoms with Gasteiger partial charge in [0.1, 0.15) is 79.9 Å². The van der Waals surface area contributed by atoms with Gasteiger partial charge in [-0.15, -0.1) is 0 Å². The van der Waals surface area contributed by atoms with Gasteiger partial charge in [0.05, 0.1) is 0 Å². The second-order valence-electron chi connectivity index (χ2n) is 17.3. The van der Waals surface area contributed by atoms with Gasteiger partial charge in [0, 0.05) is 64.3 Å². The van der Waals surface area contributed by atoms with E-state index in [0.717, 1.165) is 40.7 Å². The van der Waals surface area contributed by atoms with E-state index in [1.807, 2.05) is 0 Å². The molecular formula is C60H44O21. The number of para-hydroxylation sites is 5. The Labute approximate surface area is 459 Å². The van der Waals surface area contributed by atoms with Crippen LogP contribution in [-0.2, 0) is 35.1 Å². The Morgan fingerprint density at radius 3 is 1.09 bits per heavy atom. The Hall–Kier alpha value is -11.0. The van der Waals surface area contributed by atoms with E-state index in [4.69, 9.17) is 52.1 Å². The lowest BCUT2D eigenvalue weighted by molar-refractivity contribution is -0.132. The van der Waals surface area contributed by atoms with Gasteiger partial charge in [-0.25, -0.2) is 24.0 Å². The second kappa shape index (κ2) is 25.0. The molecule has 2 unspecified atom stereocenters. The fourth-order valence-corrected chi connectivity index (χ4v) is 8.05. The monoisotopic (exact) mass is 1100 g/mol. The van der Waals surface area contributed by atoms with E-state index in [2.05, 4.69) is 0 Å². The predicted octanol–water partition coefficient (Wildman–Crippen LogP) is 9.09. The van der Waals surface area contributed by atoms with Crippen LogP contribution in [-0.4, -0.2) is 65.8 Å². The van der Waals surface area contributed by atoms with Crippen molar-refractivity contribution in [2.45, 2.75) is 53.2 Å². The molecule has 0 bridgehead atoms. The van der Waals surface area contributed by atoms with E-state index in [9.17, 15) is 47.9 Å². The van der Waals surface area contributed by atoms with Crippen molar-refractivity contribution >= 4 is 59.7 Å². The normalized spacial score (nSPS) is 13.0. The van der Waals surface area contributed by atoms with Crippen molar-refractivity contribution in [2.24, 2.45) is 0 Å². The lowest BCUT2D eigenvalue weighted by Crippen LogP contribution is -2.35. The number of carbonyl (C=O) groups is 10. The van der Waals surface area contributed by atoms with Gasteiger partial charge in [-0.05, 0) is 72.8 Å². The SMILES string of the molecule is CC(=O)Oc1ccccc1C(=O)Oc1cc(OC(=O)c2ccccc2OC(C)=O)c2c(c1)OC(c1ccc(OC(=O)c3ccccc3OC(C)=O)c(OC(=O)c3ccccc3OC(C)=O)c1)C(OC(=O)c1ccccc1OC(C)=O)C2. The maximum atomic E-state index is 14.4. The van der Waals surface area contributed by atoms with Crippen molar-refractivity contribution in [1.82, 2.24) is 0 Å². The average molecular weight is 1100 g/mol. The summed E-state index contributed by atoms with van der Waals surface area (Å²) in [6, 6.07) is 34.4. The number of carbonyl (C=O) groups excluding carboxylic acids is 10. The lowest BCUT2D eigenvalue weighted by atomic mass is 9.93. The molecule has 0 spiro atoms.